The van der Waals surface area contributed by atoms with Gasteiger partial charge in [-0.25, -0.2) is 0 Å². The summed E-state index contributed by atoms with van der Waals surface area (Å²) in [6, 6.07) is 0.330. The number of fused-ring (bicyclic) bond motifs is 1. The van der Waals surface area contributed by atoms with Crippen LogP contribution < -0.4 is 4.74 Å². The molecule has 2 aliphatic heterocycles. The molecular weight excluding hydrogens is 546 g/mol. The SMILES string of the molecule is CC1(C)Cn2cc([N+](=O)[O-])nc2O1.Cc1nc([N+](=O)[O-])cn1CC(C)(C)O.Cc1nc([N+](=O)[O-])cn1C[C@]1(C)CO1. The Bertz CT molecular complexity index is 1360. The van der Waals surface area contributed by atoms with Gasteiger partial charge in [0.1, 0.15) is 29.8 Å². The number of aliphatic hydroxyl groups is 1. The maximum atomic E-state index is 10.4. The fourth-order valence-corrected chi connectivity index (χ4v) is 3.83. The topological polar surface area (TPSA) is 225 Å². The second-order valence-corrected chi connectivity index (χ2v) is 11.2. The van der Waals surface area contributed by atoms with Crippen molar-refractivity contribution in [2.75, 3.05) is 6.61 Å². The Kier molecular flexibility index (Phi) is 8.49. The van der Waals surface area contributed by atoms with Crippen LogP contribution in [0.2, 0.25) is 0 Å². The number of ether oxygens (including phenoxy) is 2. The van der Waals surface area contributed by atoms with Crippen LogP contribution in [0.25, 0.3) is 0 Å². The Morgan fingerprint density at radius 1 is 0.902 bits per heavy atom. The summed E-state index contributed by atoms with van der Waals surface area (Å²) >= 11 is 0. The van der Waals surface area contributed by atoms with E-state index in [4.69, 9.17) is 9.47 Å². The third kappa shape index (κ3) is 8.52. The van der Waals surface area contributed by atoms with Crippen LogP contribution in [0.15, 0.2) is 18.6 Å². The van der Waals surface area contributed by atoms with Crippen LogP contribution in [0, 0.1) is 44.2 Å². The molecule has 1 fully saturated rings. The Labute approximate surface area is 234 Å². The van der Waals surface area contributed by atoms with E-state index in [1.54, 1.807) is 41.4 Å². The number of aryl methyl sites for hydroxylation is 2. The summed E-state index contributed by atoms with van der Waals surface area (Å²) in [7, 11) is 0. The highest BCUT2D eigenvalue weighted by atomic mass is 16.6. The standard InChI is InChI=1S/C8H11N3O3.C8H13N3O3.C7H9N3O3/c1-6-9-7(11(12)13)3-10(6)4-8(2)5-14-8;1-6-9-7(11(13)14)4-10(6)5-8(2,3)12;1-7(2)4-9-3-5(10(11)12)8-6(9)13-7/h3H,4-5H2,1-2H3;4,12H,5H2,1-3H3;3H,4H2,1-2H3/t8-;;/m1../s1. The number of aromatic nitrogens is 6. The number of hydrogen-bond acceptors (Lipinski definition) is 12. The zero-order valence-electron chi connectivity index (χ0n) is 23.8. The average molecular weight is 580 g/mol. The lowest BCUT2D eigenvalue weighted by atomic mass is 10.1. The number of imidazole rings is 3. The van der Waals surface area contributed by atoms with E-state index in [1.165, 1.54) is 18.6 Å². The average Bonchev–Trinajstić information content (AvgIpc) is 3.10. The Morgan fingerprint density at radius 2 is 1.37 bits per heavy atom. The predicted molar refractivity (Wildman–Crippen MR) is 141 cm³/mol. The molecule has 18 nitrogen and oxygen atoms in total. The zero-order chi connectivity index (χ0) is 30.9. The van der Waals surface area contributed by atoms with E-state index < -0.39 is 20.4 Å². The first-order chi connectivity index (χ1) is 18.8. The number of hydrogen-bond donors (Lipinski definition) is 1. The van der Waals surface area contributed by atoms with E-state index in [2.05, 4.69) is 15.0 Å². The Morgan fingerprint density at radius 3 is 1.78 bits per heavy atom. The molecule has 0 aromatic carbocycles. The zero-order valence-corrected chi connectivity index (χ0v) is 23.8. The van der Waals surface area contributed by atoms with Gasteiger partial charge in [0.15, 0.2) is 0 Å². The molecule has 1 N–H and O–H groups in total. The maximum absolute atomic E-state index is 10.4. The fourth-order valence-electron chi connectivity index (χ4n) is 3.83. The molecule has 224 valence electrons. The second-order valence-electron chi connectivity index (χ2n) is 11.2. The van der Waals surface area contributed by atoms with Gasteiger partial charge in [-0.15, -0.1) is 0 Å². The minimum Gasteiger partial charge on any atom is -0.438 e. The van der Waals surface area contributed by atoms with Crippen LogP contribution in [0.4, 0.5) is 17.5 Å². The lowest BCUT2D eigenvalue weighted by molar-refractivity contribution is -0.389. The monoisotopic (exact) mass is 579 g/mol. The quantitative estimate of drug-likeness (QED) is 0.242. The van der Waals surface area contributed by atoms with Crippen molar-refractivity contribution in [3.63, 3.8) is 0 Å². The van der Waals surface area contributed by atoms with E-state index >= 15 is 0 Å². The predicted octanol–water partition coefficient (Wildman–Crippen LogP) is 2.72. The van der Waals surface area contributed by atoms with E-state index in [1.807, 2.05) is 20.8 Å². The molecule has 0 spiro atoms. The van der Waals surface area contributed by atoms with Gasteiger partial charge in [0.05, 0.1) is 31.8 Å². The summed E-state index contributed by atoms with van der Waals surface area (Å²) in [4.78, 5) is 40.9. The first-order valence-electron chi connectivity index (χ1n) is 12.4. The van der Waals surface area contributed by atoms with Crippen molar-refractivity contribution in [1.29, 1.82) is 0 Å². The van der Waals surface area contributed by atoms with Crippen LogP contribution in [0.1, 0.15) is 46.3 Å². The molecule has 2 aliphatic rings. The summed E-state index contributed by atoms with van der Waals surface area (Å²) in [5, 5.41) is 40.7. The summed E-state index contributed by atoms with van der Waals surface area (Å²) in [5.74, 6) is 0.719. The first kappa shape index (κ1) is 31.1. The van der Waals surface area contributed by atoms with Crippen molar-refractivity contribution in [2.45, 2.75) is 84.9 Å². The number of rotatable bonds is 7. The van der Waals surface area contributed by atoms with Gasteiger partial charge in [0.25, 0.3) is 0 Å². The van der Waals surface area contributed by atoms with Crippen molar-refractivity contribution in [3.8, 4) is 6.01 Å². The van der Waals surface area contributed by atoms with E-state index in [-0.39, 0.29) is 28.7 Å². The summed E-state index contributed by atoms with van der Waals surface area (Å²) in [6.45, 7) is 14.7. The van der Waals surface area contributed by atoms with Gasteiger partial charge in [-0.1, -0.05) is 0 Å². The fraction of sp³-hybridized carbons (Fsp3) is 0.609. The molecule has 41 heavy (non-hydrogen) atoms. The van der Waals surface area contributed by atoms with E-state index in [0.717, 1.165) is 0 Å². The highest BCUT2D eigenvalue weighted by Gasteiger charge is 2.40. The summed E-state index contributed by atoms with van der Waals surface area (Å²) < 4.78 is 15.6. The number of epoxide rings is 1. The molecule has 0 amide bonds. The van der Waals surface area contributed by atoms with E-state index in [0.29, 0.717) is 43.9 Å². The Hall–Kier alpha value is -4.45. The van der Waals surface area contributed by atoms with Crippen molar-refractivity contribution in [1.82, 2.24) is 28.7 Å². The third-order valence-corrected chi connectivity index (χ3v) is 5.83. The number of nitro groups is 3. The smallest absolute Gasteiger partial charge is 0.414 e. The molecule has 0 unspecified atom stereocenters. The maximum Gasteiger partial charge on any atom is 0.414 e. The molecule has 3 aromatic heterocycles. The number of nitrogens with zero attached hydrogens (tertiary/aromatic N) is 9. The minimum absolute atomic E-state index is 0.105. The van der Waals surface area contributed by atoms with E-state index in [9.17, 15) is 35.4 Å². The molecule has 0 saturated carbocycles. The van der Waals surface area contributed by atoms with Gasteiger partial charge in [-0.3, -0.25) is 4.57 Å². The van der Waals surface area contributed by atoms with Gasteiger partial charge in [-0.2, -0.15) is 0 Å². The highest BCUT2D eigenvalue weighted by Crippen LogP contribution is 2.30. The minimum atomic E-state index is -0.903. The summed E-state index contributed by atoms with van der Waals surface area (Å²) in [5.41, 5.74) is -1.36. The molecule has 18 heteroatoms. The lowest BCUT2D eigenvalue weighted by Gasteiger charge is -2.17. The first-order valence-corrected chi connectivity index (χ1v) is 12.4. The lowest BCUT2D eigenvalue weighted by Crippen LogP contribution is -2.26. The van der Waals surface area contributed by atoms with Crippen molar-refractivity contribution < 1.29 is 29.4 Å². The van der Waals surface area contributed by atoms with Crippen molar-refractivity contribution >= 4 is 17.5 Å². The highest BCUT2D eigenvalue weighted by molar-refractivity contribution is 5.23. The third-order valence-electron chi connectivity index (χ3n) is 5.83. The van der Waals surface area contributed by atoms with Crippen LogP contribution in [-0.2, 0) is 24.4 Å². The molecule has 1 atom stereocenters. The molecule has 0 radical (unpaired) electrons. The molecule has 0 aliphatic carbocycles. The van der Waals surface area contributed by atoms with Gasteiger partial charge in [0.2, 0.25) is 11.6 Å². The Balaban J connectivity index is 0.000000169. The molecule has 5 heterocycles. The largest absolute Gasteiger partial charge is 0.438 e. The van der Waals surface area contributed by atoms with Crippen molar-refractivity contribution in [3.05, 3.63) is 60.6 Å². The van der Waals surface area contributed by atoms with Crippen LogP contribution in [-0.4, -0.2) is 71.9 Å². The normalized spacial score (nSPS) is 18.2. The molecule has 3 aromatic rings. The van der Waals surface area contributed by atoms with Gasteiger partial charge in [0, 0.05) is 18.8 Å². The van der Waals surface area contributed by atoms with Crippen LogP contribution >= 0.6 is 0 Å². The molecule has 1 saturated heterocycles. The van der Waals surface area contributed by atoms with Gasteiger partial charge >= 0.3 is 23.5 Å². The second kappa shape index (κ2) is 11.2. The van der Waals surface area contributed by atoms with Gasteiger partial charge in [-0.05, 0) is 59.4 Å². The van der Waals surface area contributed by atoms with Crippen LogP contribution in [0.3, 0.4) is 0 Å². The summed E-state index contributed by atoms with van der Waals surface area (Å²) in [6.07, 6.45) is 4.17. The molecule has 0 bridgehead atoms. The van der Waals surface area contributed by atoms with Crippen LogP contribution in [0.5, 0.6) is 6.01 Å². The molecular formula is C23H33N9O9. The molecule has 5 rings (SSSR count). The van der Waals surface area contributed by atoms with Crippen molar-refractivity contribution in [2.24, 2.45) is 0 Å². The van der Waals surface area contributed by atoms with Gasteiger partial charge < -0.3 is 54.1 Å².